The lowest BCUT2D eigenvalue weighted by Gasteiger charge is -2.10. The van der Waals surface area contributed by atoms with Crippen LogP contribution in [0.3, 0.4) is 0 Å². The smallest absolute Gasteiger partial charge is 0.157 e. The quantitative estimate of drug-likeness (QED) is 0.901. The molecule has 19 heavy (non-hydrogen) atoms. The lowest BCUT2D eigenvalue weighted by molar-refractivity contribution is 0.600. The highest BCUT2D eigenvalue weighted by Crippen LogP contribution is 2.29. The van der Waals surface area contributed by atoms with Gasteiger partial charge >= 0.3 is 0 Å². The molecule has 0 bridgehead atoms. The molecule has 0 saturated carbocycles. The predicted octanol–water partition coefficient (Wildman–Crippen LogP) is 1.61. The second-order valence-corrected chi connectivity index (χ2v) is 8.15. The van der Waals surface area contributed by atoms with E-state index in [2.05, 4.69) is 22.4 Å². The standard InChI is InChI=1S/C13H16N2O2S2/c16-19(17)7-6-11(9-19)14-13-15-12(8-18-13)10-4-2-1-3-5-10/h1-5,11-12H,6-9H2,(H,14,15). The molecule has 2 aliphatic rings. The van der Waals surface area contributed by atoms with Crippen molar-refractivity contribution < 1.29 is 8.42 Å². The summed E-state index contributed by atoms with van der Waals surface area (Å²) in [7, 11) is -2.83. The highest BCUT2D eigenvalue weighted by Gasteiger charge is 2.30. The monoisotopic (exact) mass is 296 g/mol. The Kier molecular flexibility index (Phi) is 3.54. The van der Waals surface area contributed by atoms with Crippen molar-refractivity contribution in [2.45, 2.75) is 18.5 Å². The lowest BCUT2D eigenvalue weighted by Crippen LogP contribution is -2.33. The van der Waals surface area contributed by atoms with Gasteiger partial charge in [0.05, 0.1) is 17.5 Å². The van der Waals surface area contributed by atoms with Crippen molar-refractivity contribution >= 4 is 26.8 Å². The van der Waals surface area contributed by atoms with Gasteiger partial charge in [-0.3, -0.25) is 4.99 Å². The van der Waals surface area contributed by atoms with E-state index < -0.39 is 9.84 Å². The van der Waals surface area contributed by atoms with E-state index in [9.17, 15) is 8.42 Å². The molecule has 2 unspecified atom stereocenters. The molecule has 3 rings (SSSR count). The van der Waals surface area contributed by atoms with Gasteiger partial charge in [-0.05, 0) is 12.0 Å². The summed E-state index contributed by atoms with van der Waals surface area (Å²) < 4.78 is 22.8. The van der Waals surface area contributed by atoms with Crippen LogP contribution in [0, 0.1) is 0 Å². The van der Waals surface area contributed by atoms with E-state index >= 15 is 0 Å². The minimum atomic E-state index is -2.83. The number of aliphatic imine (C=N–C) groups is 1. The minimum absolute atomic E-state index is 0.0331. The number of rotatable bonds is 2. The predicted molar refractivity (Wildman–Crippen MR) is 79.3 cm³/mol. The van der Waals surface area contributed by atoms with Crippen molar-refractivity contribution in [1.29, 1.82) is 0 Å². The first-order valence-corrected chi connectivity index (χ1v) is 9.16. The van der Waals surface area contributed by atoms with Crippen LogP contribution >= 0.6 is 11.8 Å². The normalized spacial score (nSPS) is 29.2. The summed E-state index contributed by atoms with van der Waals surface area (Å²) in [5, 5.41) is 4.15. The molecule has 1 aromatic rings. The number of nitrogens with one attached hydrogen (secondary N) is 1. The Labute approximate surface area is 117 Å². The molecule has 4 nitrogen and oxygen atoms in total. The molecule has 2 atom stereocenters. The minimum Gasteiger partial charge on any atom is -0.361 e. The van der Waals surface area contributed by atoms with Crippen LogP contribution in [-0.2, 0) is 9.84 Å². The molecule has 0 aromatic heterocycles. The SMILES string of the molecule is O=S1(=O)CCC(NC2=NC(c3ccccc3)CS2)C1. The number of amidine groups is 1. The maximum atomic E-state index is 11.4. The molecule has 2 heterocycles. The van der Waals surface area contributed by atoms with Gasteiger partial charge in [0.1, 0.15) is 0 Å². The van der Waals surface area contributed by atoms with Gasteiger partial charge in [-0.1, -0.05) is 42.1 Å². The summed E-state index contributed by atoms with van der Waals surface area (Å²) in [6.45, 7) is 0. The van der Waals surface area contributed by atoms with Gasteiger partial charge in [0.2, 0.25) is 0 Å². The fraction of sp³-hybridized carbons (Fsp3) is 0.462. The summed E-state index contributed by atoms with van der Waals surface area (Å²) in [6, 6.07) is 10.4. The number of hydrogen-bond donors (Lipinski definition) is 1. The average molecular weight is 296 g/mol. The van der Waals surface area contributed by atoms with E-state index in [0.717, 1.165) is 10.9 Å². The third kappa shape index (κ3) is 3.12. The second-order valence-electron chi connectivity index (χ2n) is 4.92. The van der Waals surface area contributed by atoms with Crippen molar-refractivity contribution in [3.8, 4) is 0 Å². The Hall–Kier alpha value is -1.01. The third-order valence-corrected chi connectivity index (χ3v) is 6.14. The van der Waals surface area contributed by atoms with Crippen molar-refractivity contribution in [2.75, 3.05) is 17.3 Å². The zero-order valence-electron chi connectivity index (χ0n) is 10.5. The highest BCUT2D eigenvalue weighted by atomic mass is 32.2. The summed E-state index contributed by atoms with van der Waals surface area (Å²) >= 11 is 1.68. The van der Waals surface area contributed by atoms with Gasteiger partial charge in [-0.25, -0.2) is 8.42 Å². The van der Waals surface area contributed by atoms with E-state index in [1.54, 1.807) is 11.8 Å². The molecule has 1 aromatic carbocycles. The van der Waals surface area contributed by atoms with Crippen molar-refractivity contribution in [3.05, 3.63) is 35.9 Å². The lowest BCUT2D eigenvalue weighted by atomic mass is 10.1. The second kappa shape index (κ2) is 5.17. The highest BCUT2D eigenvalue weighted by molar-refractivity contribution is 8.14. The van der Waals surface area contributed by atoms with Crippen LogP contribution in [0.25, 0.3) is 0 Å². The van der Waals surface area contributed by atoms with Gasteiger partial charge in [0, 0.05) is 11.8 Å². The summed E-state index contributed by atoms with van der Waals surface area (Å²) in [5.74, 6) is 1.46. The van der Waals surface area contributed by atoms with Gasteiger partial charge < -0.3 is 5.32 Å². The number of benzene rings is 1. The summed E-state index contributed by atoms with van der Waals surface area (Å²) in [5.41, 5.74) is 1.21. The molecule has 1 fully saturated rings. The van der Waals surface area contributed by atoms with E-state index in [0.29, 0.717) is 12.2 Å². The van der Waals surface area contributed by atoms with Crippen LogP contribution in [-0.4, -0.2) is 36.9 Å². The fourth-order valence-electron chi connectivity index (χ4n) is 2.38. The molecule has 0 spiro atoms. The van der Waals surface area contributed by atoms with Crippen molar-refractivity contribution in [2.24, 2.45) is 4.99 Å². The average Bonchev–Trinajstić information content (AvgIpc) is 2.98. The van der Waals surface area contributed by atoms with Gasteiger partial charge in [0.15, 0.2) is 15.0 Å². The number of hydrogen-bond acceptors (Lipinski definition) is 5. The Balaban J connectivity index is 1.65. The Morgan fingerprint density at radius 3 is 2.74 bits per heavy atom. The first-order chi connectivity index (χ1) is 9.12. The molecule has 6 heteroatoms. The maximum absolute atomic E-state index is 11.4. The molecule has 0 amide bonds. The largest absolute Gasteiger partial charge is 0.361 e. The van der Waals surface area contributed by atoms with E-state index in [-0.39, 0.29) is 17.8 Å². The van der Waals surface area contributed by atoms with Gasteiger partial charge in [-0.15, -0.1) is 0 Å². The zero-order chi connectivity index (χ0) is 13.3. The molecular formula is C13H16N2O2S2. The van der Waals surface area contributed by atoms with E-state index in [1.807, 2.05) is 18.2 Å². The topological polar surface area (TPSA) is 58.5 Å². The maximum Gasteiger partial charge on any atom is 0.157 e. The Morgan fingerprint density at radius 1 is 1.26 bits per heavy atom. The van der Waals surface area contributed by atoms with Gasteiger partial charge in [0.25, 0.3) is 0 Å². The first kappa shape index (κ1) is 13.0. The summed E-state index contributed by atoms with van der Waals surface area (Å²) in [4.78, 5) is 4.64. The first-order valence-electron chi connectivity index (χ1n) is 6.35. The van der Waals surface area contributed by atoms with Crippen LogP contribution in [0.4, 0.5) is 0 Å². The molecular weight excluding hydrogens is 280 g/mol. The summed E-state index contributed by atoms with van der Waals surface area (Å²) in [6.07, 6.45) is 0.692. The molecule has 1 N–H and O–H groups in total. The van der Waals surface area contributed by atoms with Crippen LogP contribution in [0.1, 0.15) is 18.0 Å². The molecule has 1 saturated heterocycles. The number of thioether (sulfide) groups is 1. The Bertz CT molecular complexity index is 584. The fourth-order valence-corrected chi connectivity index (χ4v) is 5.09. The third-order valence-electron chi connectivity index (χ3n) is 3.40. The number of nitrogens with zero attached hydrogens (tertiary/aromatic N) is 1. The van der Waals surface area contributed by atoms with Crippen LogP contribution in [0.2, 0.25) is 0 Å². The van der Waals surface area contributed by atoms with Gasteiger partial charge in [-0.2, -0.15) is 0 Å². The molecule has 2 aliphatic heterocycles. The van der Waals surface area contributed by atoms with Crippen LogP contribution in [0.5, 0.6) is 0 Å². The zero-order valence-corrected chi connectivity index (χ0v) is 12.1. The molecule has 102 valence electrons. The molecule has 0 radical (unpaired) electrons. The molecule has 0 aliphatic carbocycles. The Morgan fingerprint density at radius 2 is 2.05 bits per heavy atom. The van der Waals surface area contributed by atoms with E-state index in [4.69, 9.17) is 0 Å². The van der Waals surface area contributed by atoms with Crippen molar-refractivity contribution in [1.82, 2.24) is 5.32 Å². The van der Waals surface area contributed by atoms with Crippen molar-refractivity contribution in [3.63, 3.8) is 0 Å². The van der Waals surface area contributed by atoms with E-state index in [1.165, 1.54) is 5.56 Å². The van der Waals surface area contributed by atoms with Crippen LogP contribution in [0.15, 0.2) is 35.3 Å². The van der Waals surface area contributed by atoms with Crippen LogP contribution < -0.4 is 5.32 Å². The number of sulfone groups is 1.